The summed E-state index contributed by atoms with van der Waals surface area (Å²) < 4.78 is 20.8. The first-order valence-electron chi connectivity index (χ1n) is 9.76. The zero-order valence-electron chi connectivity index (χ0n) is 18.1. The maximum atomic E-state index is 13.5. The molecule has 0 atom stereocenters. The van der Waals surface area contributed by atoms with E-state index in [4.69, 9.17) is 18.9 Å². The van der Waals surface area contributed by atoms with Crippen molar-refractivity contribution < 1.29 is 33.3 Å². The maximum Gasteiger partial charge on any atom is 0.331 e. The summed E-state index contributed by atoms with van der Waals surface area (Å²) in [5, 5.41) is 0. The quantitative estimate of drug-likeness (QED) is 0.170. The zero-order valence-corrected chi connectivity index (χ0v) is 18.1. The number of ketones is 1. The van der Waals surface area contributed by atoms with Crippen molar-refractivity contribution in [3.05, 3.63) is 29.5 Å². The van der Waals surface area contributed by atoms with E-state index in [1.54, 1.807) is 6.92 Å². The highest BCUT2D eigenvalue weighted by Crippen LogP contribution is 2.33. The molecule has 0 N–H and O–H groups in total. The van der Waals surface area contributed by atoms with Crippen LogP contribution in [0.5, 0.6) is 0 Å². The second-order valence-electron chi connectivity index (χ2n) is 7.21. The van der Waals surface area contributed by atoms with Gasteiger partial charge in [0.2, 0.25) is 5.41 Å². The summed E-state index contributed by atoms with van der Waals surface area (Å²) in [6.07, 6.45) is 3.38. The van der Waals surface area contributed by atoms with Crippen LogP contribution in [0, 0.1) is 5.41 Å². The molecule has 0 spiro atoms. The SMILES string of the molecule is C=CCC(C(=O)OC)(C(=O)OC)C(=O)C(=C=C(C)CC1(C)OCCO1)CCCC. The molecule has 1 saturated heterocycles. The Labute approximate surface area is 172 Å². The summed E-state index contributed by atoms with van der Waals surface area (Å²) in [7, 11) is 2.26. The van der Waals surface area contributed by atoms with Gasteiger partial charge in [-0.05, 0) is 38.7 Å². The maximum absolute atomic E-state index is 13.5. The minimum atomic E-state index is -2.13. The van der Waals surface area contributed by atoms with Crippen LogP contribution in [0.1, 0.15) is 52.9 Å². The van der Waals surface area contributed by atoms with E-state index < -0.39 is 28.9 Å². The number of methoxy groups -OCH3 is 2. The molecule has 162 valence electrons. The van der Waals surface area contributed by atoms with Crippen molar-refractivity contribution in [2.75, 3.05) is 27.4 Å². The predicted octanol–water partition coefficient (Wildman–Crippen LogP) is 3.28. The largest absolute Gasteiger partial charge is 0.468 e. The lowest BCUT2D eigenvalue weighted by atomic mass is 9.76. The van der Waals surface area contributed by atoms with Crippen LogP contribution >= 0.6 is 0 Å². The number of esters is 2. The number of unbranched alkanes of at least 4 members (excludes halogenated alkanes) is 1. The van der Waals surface area contributed by atoms with Gasteiger partial charge < -0.3 is 18.9 Å². The standard InChI is InChI=1S/C22H32O7/c1-7-9-10-17(14-16(3)15-21(4)28-12-13-29-21)18(23)22(11-8-2,19(24)26-5)20(25)27-6/h8H,2,7,9-13,15H2,1,3-6H3. The van der Waals surface area contributed by atoms with Crippen LogP contribution in [0.3, 0.4) is 0 Å². The topological polar surface area (TPSA) is 88.1 Å². The highest BCUT2D eigenvalue weighted by molar-refractivity contribution is 6.25. The molecule has 29 heavy (non-hydrogen) atoms. The van der Waals surface area contributed by atoms with Gasteiger partial charge in [0, 0.05) is 12.0 Å². The highest BCUT2D eigenvalue weighted by atomic mass is 16.7. The van der Waals surface area contributed by atoms with Crippen LogP contribution in [0.15, 0.2) is 29.5 Å². The Bertz CT molecular complexity index is 676. The lowest BCUT2D eigenvalue weighted by Gasteiger charge is -2.26. The van der Waals surface area contributed by atoms with Gasteiger partial charge in [0.1, 0.15) is 0 Å². The van der Waals surface area contributed by atoms with E-state index in [2.05, 4.69) is 12.3 Å². The monoisotopic (exact) mass is 408 g/mol. The Morgan fingerprint density at radius 3 is 2.17 bits per heavy atom. The summed E-state index contributed by atoms with van der Waals surface area (Å²) >= 11 is 0. The fraction of sp³-hybridized carbons (Fsp3) is 0.636. The highest BCUT2D eigenvalue weighted by Gasteiger charge is 2.55. The lowest BCUT2D eigenvalue weighted by Crippen LogP contribution is -2.48. The second kappa shape index (κ2) is 11.1. The smallest absolute Gasteiger partial charge is 0.331 e. The summed E-state index contributed by atoms with van der Waals surface area (Å²) in [6.45, 7) is 10.2. The third kappa shape index (κ3) is 5.89. The third-order valence-electron chi connectivity index (χ3n) is 4.81. The van der Waals surface area contributed by atoms with E-state index >= 15 is 0 Å². The molecule has 1 rings (SSSR count). The van der Waals surface area contributed by atoms with Gasteiger partial charge in [-0.3, -0.25) is 14.4 Å². The molecular weight excluding hydrogens is 376 g/mol. The van der Waals surface area contributed by atoms with Gasteiger partial charge in [0.15, 0.2) is 11.6 Å². The zero-order chi connectivity index (χ0) is 22.1. The number of carbonyl (C=O) groups excluding carboxylic acids is 3. The van der Waals surface area contributed by atoms with Crippen molar-refractivity contribution in [1.29, 1.82) is 0 Å². The van der Waals surface area contributed by atoms with Gasteiger partial charge in [-0.25, -0.2) is 0 Å². The van der Waals surface area contributed by atoms with Crippen LogP contribution in [-0.4, -0.2) is 50.9 Å². The molecule has 0 unspecified atom stereocenters. The van der Waals surface area contributed by atoms with E-state index in [0.717, 1.165) is 26.2 Å². The molecule has 1 aliphatic rings. The Kier molecular flexibility index (Phi) is 9.50. The number of Topliss-reactive ketones (excluding diaryl/α,β-unsaturated/α-hetero) is 1. The normalized spacial score (nSPS) is 15.2. The average molecular weight is 408 g/mol. The van der Waals surface area contributed by atoms with Crippen LogP contribution in [-0.2, 0) is 33.3 Å². The average Bonchev–Trinajstić information content (AvgIpc) is 3.13. The molecule has 0 saturated carbocycles. The van der Waals surface area contributed by atoms with Crippen molar-refractivity contribution in [1.82, 2.24) is 0 Å². The molecule has 1 fully saturated rings. The number of hydrogen-bond donors (Lipinski definition) is 0. The van der Waals surface area contributed by atoms with Gasteiger partial charge >= 0.3 is 11.9 Å². The summed E-state index contributed by atoms with van der Waals surface area (Å²) in [5.74, 6) is -3.41. The van der Waals surface area contributed by atoms with E-state index in [0.29, 0.717) is 32.5 Å². The van der Waals surface area contributed by atoms with Crippen LogP contribution < -0.4 is 0 Å². The summed E-state index contributed by atoms with van der Waals surface area (Å²) in [6, 6.07) is 0. The Morgan fingerprint density at radius 2 is 1.72 bits per heavy atom. The molecule has 0 aromatic rings. The summed E-state index contributed by atoms with van der Waals surface area (Å²) in [5.41, 5.74) is 1.92. The molecule has 0 aromatic carbocycles. The minimum Gasteiger partial charge on any atom is -0.468 e. The molecule has 7 heteroatoms. The molecule has 0 aromatic heterocycles. The fourth-order valence-electron chi connectivity index (χ4n) is 3.38. The molecule has 1 aliphatic heterocycles. The van der Waals surface area contributed by atoms with Gasteiger partial charge in [0.05, 0.1) is 27.4 Å². The van der Waals surface area contributed by atoms with Crippen LogP contribution in [0.4, 0.5) is 0 Å². The molecule has 0 amide bonds. The second-order valence-corrected chi connectivity index (χ2v) is 7.21. The van der Waals surface area contributed by atoms with E-state index in [1.165, 1.54) is 6.08 Å². The van der Waals surface area contributed by atoms with Gasteiger partial charge in [0.25, 0.3) is 0 Å². The number of rotatable bonds is 11. The van der Waals surface area contributed by atoms with Crippen LogP contribution in [0.25, 0.3) is 0 Å². The number of allylic oxidation sites excluding steroid dienone is 1. The Balaban J connectivity index is 3.49. The van der Waals surface area contributed by atoms with Crippen molar-refractivity contribution in [3.8, 4) is 0 Å². The third-order valence-corrected chi connectivity index (χ3v) is 4.81. The Morgan fingerprint density at radius 1 is 1.17 bits per heavy atom. The van der Waals surface area contributed by atoms with Crippen molar-refractivity contribution in [2.24, 2.45) is 5.41 Å². The van der Waals surface area contributed by atoms with E-state index in [1.807, 2.05) is 13.8 Å². The fourth-order valence-corrected chi connectivity index (χ4v) is 3.38. The van der Waals surface area contributed by atoms with Crippen LogP contribution in [0.2, 0.25) is 0 Å². The van der Waals surface area contributed by atoms with Crippen molar-refractivity contribution in [2.45, 2.75) is 58.7 Å². The first-order valence-corrected chi connectivity index (χ1v) is 9.76. The van der Waals surface area contributed by atoms with Gasteiger partial charge in [-0.15, -0.1) is 12.3 Å². The first-order chi connectivity index (χ1) is 13.7. The number of carbonyl (C=O) groups is 3. The molecule has 0 radical (unpaired) electrons. The first kappa shape index (κ1) is 24.8. The lowest BCUT2D eigenvalue weighted by molar-refractivity contribution is -0.171. The van der Waals surface area contributed by atoms with Crippen molar-refractivity contribution in [3.63, 3.8) is 0 Å². The summed E-state index contributed by atoms with van der Waals surface area (Å²) in [4.78, 5) is 38.6. The van der Waals surface area contributed by atoms with Gasteiger partial charge in [-0.1, -0.05) is 19.4 Å². The number of hydrogen-bond acceptors (Lipinski definition) is 7. The molecule has 7 nitrogen and oxygen atoms in total. The van der Waals surface area contributed by atoms with Crippen molar-refractivity contribution >= 4 is 17.7 Å². The van der Waals surface area contributed by atoms with E-state index in [9.17, 15) is 14.4 Å². The predicted molar refractivity (Wildman–Crippen MR) is 107 cm³/mol. The molecule has 1 heterocycles. The van der Waals surface area contributed by atoms with Gasteiger partial charge in [-0.2, -0.15) is 0 Å². The minimum absolute atomic E-state index is 0.231. The van der Waals surface area contributed by atoms with E-state index in [-0.39, 0.29) is 12.0 Å². The number of ether oxygens (including phenoxy) is 4. The molecule has 0 aliphatic carbocycles. The molecule has 0 bridgehead atoms. The Hall–Kier alpha value is -2.21. The molecular formula is C22H32O7.